The summed E-state index contributed by atoms with van der Waals surface area (Å²) in [6.45, 7) is 7.70. The van der Waals surface area contributed by atoms with Gasteiger partial charge in [-0.1, -0.05) is 0 Å². The Bertz CT molecular complexity index is 1690. The summed E-state index contributed by atoms with van der Waals surface area (Å²) >= 11 is 0. The van der Waals surface area contributed by atoms with Gasteiger partial charge in [-0.3, -0.25) is 14.8 Å². The molecule has 0 saturated carbocycles. The summed E-state index contributed by atoms with van der Waals surface area (Å²) in [5.41, 5.74) is 1.51. The lowest BCUT2D eigenvalue weighted by Gasteiger charge is -2.36. The third kappa shape index (κ3) is 8.04. The highest BCUT2D eigenvalue weighted by Crippen LogP contribution is 2.28. The molecule has 0 spiro atoms. The molecule has 2 amide bonds. The number of methoxy groups -OCH3 is 1. The number of nitrogens with zero attached hydrogens (tertiary/aromatic N) is 7. The maximum Gasteiger partial charge on any atom is 0.410 e. The van der Waals surface area contributed by atoms with Crippen molar-refractivity contribution in [1.82, 2.24) is 29.8 Å². The Labute approximate surface area is 259 Å². The average Bonchev–Trinajstić information content (AvgIpc) is 3.04. The second kappa shape index (κ2) is 13.3. The first-order valence-corrected chi connectivity index (χ1v) is 14.2. The van der Waals surface area contributed by atoms with Gasteiger partial charge in [0.1, 0.15) is 23.1 Å². The fraction of sp³-hybridized carbons (Fsp3) is 0.290. The van der Waals surface area contributed by atoms with Crippen molar-refractivity contribution in [2.45, 2.75) is 26.4 Å². The molecule has 14 heteroatoms. The van der Waals surface area contributed by atoms with Crippen molar-refractivity contribution in [3.8, 4) is 11.3 Å². The van der Waals surface area contributed by atoms with Crippen molar-refractivity contribution in [2.75, 3.05) is 48.8 Å². The standard InChI is InChI=1S/C31H33N9O5/c1-31(2,3)45-30(43)40-11-9-39(10-12-40)27-14-20(5-6-35-27)24-15-23(16-25(37-24)38-26-19-32-7-8-34-26)36-28(41)21-13-22(18-33-17-21)29(42)44-4/h5-8,13-19H,9-12H2,1-4H3,(H2,34,36,37,38,41). The van der Waals surface area contributed by atoms with E-state index in [1.807, 2.05) is 32.9 Å². The Morgan fingerprint density at radius 1 is 0.844 bits per heavy atom. The summed E-state index contributed by atoms with van der Waals surface area (Å²) in [5, 5.41) is 5.99. The van der Waals surface area contributed by atoms with E-state index in [2.05, 4.69) is 35.5 Å². The van der Waals surface area contributed by atoms with Crippen LogP contribution in [0.4, 0.5) is 27.9 Å². The molecule has 5 rings (SSSR count). The van der Waals surface area contributed by atoms with Gasteiger partial charge in [-0.25, -0.2) is 24.5 Å². The van der Waals surface area contributed by atoms with Crippen molar-refractivity contribution in [1.29, 1.82) is 0 Å². The minimum Gasteiger partial charge on any atom is -0.465 e. The second-order valence-electron chi connectivity index (χ2n) is 11.1. The Balaban J connectivity index is 1.39. The number of hydrogen-bond donors (Lipinski definition) is 2. The monoisotopic (exact) mass is 611 g/mol. The fourth-order valence-electron chi connectivity index (χ4n) is 4.50. The molecule has 0 aliphatic carbocycles. The highest BCUT2D eigenvalue weighted by molar-refractivity contribution is 6.05. The number of pyridine rings is 3. The fourth-order valence-corrected chi connectivity index (χ4v) is 4.50. The van der Waals surface area contributed by atoms with E-state index in [4.69, 9.17) is 14.5 Å². The Morgan fingerprint density at radius 3 is 2.33 bits per heavy atom. The van der Waals surface area contributed by atoms with Gasteiger partial charge < -0.3 is 29.9 Å². The molecule has 0 unspecified atom stereocenters. The highest BCUT2D eigenvalue weighted by Gasteiger charge is 2.26. The van der Waals surface area contributed by atoms with E-state index in [9.17, 15) is 14.4 Å². The van der Waals surface area contributed by atoms with E-state index in [-0.39, 0.29) is 17.2 Å². The van der Waals surface area contributed by atoms with Gasteiger partial charge in [0.15, 0.2) is 0 Å². The number of aromatic nitrogens is 5. The van der Waals surface area contributed by atoms with Crippen LogP contribution in [0.5, 0.6) is 0 Å². The number of carbonyl (C=O) groups is 3. The Kier molecular flexibility index (Phi) is 9.12. The third-order valence-corrected chi connectivity index (χ3v) is 6.62. The van der Waals surface area contributed by atoms with Crippen molar-refractivity contribution < 1.29 is 23.9 Å². The highest BCUT2D eigenvalue weighted by atomic mass is 16.6. The van der Waals surface area contributed by atoms with Crippen LogP contribution in [-0.2, 0) is 9.47 Å². The predicted octanol–water partition coefficient (Wildman–Crippen LogP) is 4.17. The number of anilines is 4. The van der Waals surface area contributed by atoms with Crippen LogP contribution in [-0.4, -0.2) is 86.7 Å². The lowest BCUT2D eigenvalue weighted by molar-refractivity contribution is 0.0240. The van der Waals surface area contributed by atoms with Gasteiger partial charge in [-0.15, -0.1) is 0 Å². The maximum absolute atomic E-state index is 13.2. The van der Waals surface area contributed by atoms with Crippen LogP contribution in [0.15, 0.2) is 67.5 Å². The van der Waals surface area contributed by atoms with Gasteiger partial charge in [0.25, 0.3) is 5.91 Å². The number of esters is 1. The lowest BCUT2D eigenvalue weighted by atomic mass is 10.1. The van der Waals surface area contributed by atoms with Crippen LogP contribution in [0.25, 0.3) is 11.3 Å². The Hall–Kier alpha value is -5.66. The van der Waals surface area contributed by atoms with Gasteiger partial charge >= 0.3 is 12.1 Å². The first-order valence-electron chi connectivity index (χ1n) is 14.2. The van der Waals surface area contributed by atoms with E-state index in [1.54, 1.807) is 41.8 Å². The smallest absolute Gasteiger partial charge is 0.410 e. The molecule has 0 aromatic carbocycles. The van der Waals surface area contributed by atoms with Gasteiger partial charge in [0.2, 0.25) is 0 Å². The molecule has 4 aromatic rings. The number of ether oxygens (including phenoxy) is 2. The summed E-state index contributed by atoms with van der Waals surface area (Å²) in [5.74, 6) is 0.524. The minimum atomic E-state index is -0.599. The van der Waals surface area contributed by atoms with Crippen LogP contribution in [0.1, 0.15) is 41.5 Å². The van der Waals surface area contributed by atoms with E-state index < -0.39 is 17.5 Å². The number of carbonyl (C=O) groups excluding carboxylic acids is 3. The van der Waals surface area contributed by atoms with E-state index in [0.29, 0.717) is 49.2 Å². The largest absolute Gasteiger partial charge is 0.465 e. The summed E-state index contributed by atoms with van der Waals surface area (Å²) < 4.78 is 10.3. The van der Waals surface area contributed by atoms with E-state index in [1.165, 1.54) is 25.6 Å². The lowest BCUT2D eigenvalue weighted by Crippen LogP contribution is -2.50. The van der Waals surface area contributed by atoms with Gasteiger partial charge in [0, 0.05) is 74.5 Å². The van der Waals surface area contributed by atoms with Crippen LogP contribution >= 0.6 is 0 Å². The zero-order valence-electron chi connectivity index (χ0n) is 25.4. The summed E-state index contributed by atoms with van der Waals surface area (Å²) in [6, 6.07) is 8.53. The van der Waals surface area contributed by atoms with Crippen molar-refractivity contribution >= 4 is 41.1 Å². The van der Waals surface area contributed by atoms with E-state index >= 15 is 0 Å². The molecule has 1 aliphatic rings. The van der Waals surface area contributed by atoms with Crippen molar-refractivity contribution in [2.24, 2.45) is 0 Å². The third-order valence-electron chi connectivity index (χ3n) is 6.62. The molecule has 0 radical (unpaired) electrons. The molecular weight excluding hydrogens is 578 g/mol. The zero-order chi connectivity index (χ0) is 32.0. The molecule has 0 atom stereocenters. The molecule has 232 valence electrons. The number of amides is 2. The summed E-state index contributed by atoms with van der Waals surface area (Å²) in [7, 11) is 1.26. The van der Waals surface area contributed by atoms with Gasteiger partial charge in [-0.2, -0.15) is 0 Å². The molecule has 2 N–H and O–H groups in total. The van der Waals surface area contributed by atoms with Crippen molar-refractivity contribution in [3.63, 3.8) is 0 Å². The first kappa shape index (κ1) is 30.8. The number of nitrogens with one attached hydrogen (secondary N) is 2. The van der Waals surface area contributed by atoms with Crippen LogP contribution < -0.4 is 15.5 Å². The summed E-state index contributed by atoms with van der Waals surface area (Å²) in [4.78, 5) is 63.1. The Morgan fingerprint density at radius 2 is 1.62 bits per heavy atom. The van der Waals surface area contributed by atoms with Gasteiger partial charge in [-0.05, 0) is 45.0 Å². The van der Waals surface area contributed by atoms with Gasteiger partial charge in [0.05, 0.1) is 30.1 Å². The van der Waals surface area contributed by atoms with Crippen molar-refractivity contribution in [3.05, 3.63) is 78.6 Å². The molecule has 1 aliphatic heterocycles. The molecule has 45 heavy (non-hydrogen) atoms. The topological polar surface area (TPSA) is 165 Å². The first-order chi connectivity index (χ1) is 21.6. The molecule has 0 bridgehead atoms. The molecular formula is C31H33N9O5. The molecule has 1 fully saturated rings. The minimum absolute atomic E-state index is 0.154. The molecule has 14 nitrogen and oxygen atoms in total. The number of rotatable bonds is 7. The molecule has 1 saturated heterocycles. The number of piperazine rings is 1. The maximum atomic E-state index is 13.2. The quantitative estimate of drug-likeness (QED) is 0.287. The zero-order valence-corrected chi connectivity index (χ0v) is 25.4. The number of hydrogen-bond acceptors (Lipinski definition) is 12. The average molecular weight is 612 g/mol. The summed E-state index contributed by atoms with van der Waals surface area (Å²) in [6.07, 6.45) is 8.71. The SMILES string of the molecule is COC(=O)c1cncc(C(=O)Nc2cc(Nc3cnccn3)nc(-c3ccnc(N4CCN(C(=O)OC(C)(C)C)CC4)c3)c2)c1. The van der Waals surface area contributed by atoms with Crippen LogP contribution in [0, 0.1) is 0 Å². The molecule has 5 heterocycles. The molecule has 4 aromatic heterocycles. The van der Waals surface area contributed by atoms with Crippen LogP contribution in [0.2, 0.25) is 0 Å². The predicted molar refractivity (Wildman–Crippen MR) is 166 cm³/mol. The normalized spacial score (nSPS) is 13.2. The van der Waals surface area contributed by atoms with Crippen LogP contribution in [0.3, 0.4) is 0 Å². The second-order valence-corrected chi connectivity index (χ2v) is 11.1. The van der Waals surface area contributed by atoms with E-state index in [0.717, 1.165) is 11.4 Å².